The van der Waals surface area contributed by atoms with Gasteiger partial charge in [0.05, 0.1) is 24.8 Å². The number of nitrogens with two attached hydrogens (primary N) is 1. The van der Waals surface area contributed by atoms with Crippen molar-refractivity contribution in [2.24, 2.45) is 11.0 Å². The number of carbonyl (C=O) groups excluding carboxylic acids is 1. The number of ether oxygens (including phenoxy) is 2. The first kappa shape index (κ1) is 43.2. The van der Waals surface area contributed by atoms with Crippen LogP contribution >= 0.6 is 7.60 Å². The van der Waals surface area contributed by atoms with E-state index in [2.05, 4.69) is 15.0 Å². The molecule has 310 valence electrons. The summed E-state index contributed by atoms with van der Waals surface area (Å²) in [5.41, 5.74) is 12.4. The van der Waals surface area contributed by atoms with Crippen molar-refractivity contribution in [2.45, 2.75) is 76.9 Å². The van der Waals surface area contributed by atoms with Gasteiger partial charge in [-0.2, -0.15) is 4.98 Å². The third-order valence-electron chi connectivity index (χ3n) is 10.1. The average molecular weight is 843 g/mol. The second kappa shape index (κ2) is 17.5. The number of rotatable bonds is 15. The van der Waals surface area contributed by atoms with Crippen molar-refractivity contribution in [2.75, 3.05) is 18.5 Å². The summed E-state index contributed by atoms with van der Waals surface area (Å²) in [5.74, 6) is -1.60. The first-order valence-electron chi connectivity index (χ1n) is 19.2. The molecule has 0 aliphatic carbocycles. The van der Waals surface area contributed by atoms with Crippen LogP contribution in [0.15, 0.2) is 125 Å². The zero-order valence-electron chi connectivity index (χ0n) is 33.7. The molecule has 1 fully saturated rings. The monoisotopic (exact) mass is 842 g/mol. The Morgan fingerprint density at radius 1 is 1.00 bits per heavy atom. The van der Waals surface area contributed by atoms with Crippen LogP contribution in [0.1, 0.15) is 47.8 Å². The van der Waals surface area contributed by atoms with Gasteiger partial charge in [-0.15, -0.1) is 0 Å². The van der Waals surface area contributed by atoms with Crippen LogP contribution in [0.2, 0.25) is 5.04 Å². The number of hydrogen-bond acceptors (Lipinski definition) is 11. The normalized spacial score (nSPS) is 21.1. The third kappa shape index (κ3) is 8.98. The molecule has 1 aliphatic heterocycles. The van der Waals surface area contributed by atoms with Crippen LogP contribution in [-0.2, 0) is 27.8 Å². The molecule has 0 spiro atoms. The Morgan fingerprint density at radius 2 is 1.61 bits per heavy atom. The van der Waals surface area contributed by atoms with Gasteiger partial charge < -0.3 is 24.2 Å². The molecule has 1 aromatic heterocycles. The van der Waals surface area contributed by atoms with Gasteiger partial charge in [0.1, 0.15) is 17.7 Å². The van der Waals surface area contributed by atoms with E-state index in [-0.39, 0.29) is 11.6 Å². The molecule has 0 bridgehead atoms. The van der Waals surface area contributed by atoms with Crippen molar-refractivity contribution in [3.63, 3.8) is 0 Å². The van der Waals surface area contributed by atoms with E-state index in [0.29, 0.717) is 5.39 Å². The maximum Gasteiger partial charge on any atom is 0.380 e. The quantitative estimate of drug-likeness (QED) is 0.0273. The van der Waals surface area contributed by atoms with Crippen LogP contribution in [0.5, 0.6) is 5.75 Å². The molecule has 6 atom stereocenters. The minimum Gasteiger partial charge on any atom is -0.463 e. The Morgan fingerprint density at radius 3 is 2.20 bits per heavy atom. The number of azide groups is 1. The van der Waals surface area contributed by atoms with Crippen LogP contribution in [-0.4, -0.2) is 60.7 Å². The summed E-state index contributed by atoms with van der Waals surface area (Å²) < 4.78 is 65.3. The molecule has 17 heteroatoms. The van der Waals surface area contributed by atoms with E-state index in [1.165, 1.54) is 19.2 Å². The highest BCUT2D eigenvalue weighted by molar-refractivity contribution is 7.54. The van der Waals surface area contributed by atoms with Gasteiger partial charge >= 0.3 is 19.3 Å². The van der Waals surface area contributed by atoms with E-state index in [0.717, 1.165) is 20.3 Å². The molecule has 5 aromatic rings. The Balaban J connectivity index is 1.47. The minimum atomic E-state index is -4.50. The third-order valence-corrected chi connectivity index (χ3v) is 17.1. The molecule has 4 aromatic carbocycles. The zero-order valence-corrected chi connectivity index (χ0v) is 35.6. The number of anilines is 1. The van der Waals surface area contributed by atoms with Crippen molar-refractivity contribution < 1.29 is 36.7 Å². The second-order valence-electron chi connectivity index (χ2n) is 15.8. The summed E-state index contributed by atoms with van der Waals surface area (Å²) in [7, 11) is -8.11. The van der Waals surface area contributed by atoms with Gasteiger partial charge in [-0.25, -0.2) is 13.8 Å². The van der Waals surface area contributed by atoms with Gasteiger partial charge in [0.25, 0.3) is 8.32 Å². The molecule has 0 amide bonds. The van der Waals surface area contributed by atoms with Crippen LogP contribution in [0.3, 0.4) is 0 Å². The predicted molar refractivity (Wildman–Crippen MR) is 226 cm³/mol. The average Bonchev–Trinajstić information content (AvgIpc) is 3.46. The van der Waals surface area contributed by atoms with E-state index in [1.807, 2.05) is 99.6 Å². The number of fused-ring (bicyclic) bond motifs is 1. The molecule has 1 saturated heterocycles. The fourth-order valence-electron chi connectivity index (χ4n) is 7.38. The van der Waals surface area contributed by atoms with Gasteiger partial charge in [0, 0.05) is 16.5 Å². The molecule has 14 nitrogen and oxygen atoms in total. The SMILES string of the molecule is CC(C)OC(=O)[C@H](C)CP(=O)(OC[C@@]1(N=[N+]=[N-])O[C@@H](n2ccc(N)nc2=O)[C@H](O[Si](c2ccccc2)(c2ccccc2)C(C)(C)C)[C@@H]1F)Oc1cccc2ccccc12. The standard InChI is InChI=1S/C42H48FN6O8PSi/c1-28(2)54-39(50)29(3)26-58(52,56-34-23-15-17-30-16-13-14-22-33(30)34)53-27-42(47-48-45)37(43)36(38(55-42)49-25-24-35(44)46-40(49)51)57-59(41(4,5)6,31-18-9-7-10-19-31)32-20-11-8-12-21-32/h7-25,28-29,36-38H,26-27H2,1-6H3,(H2,44,46,51)/t29-,36-,37+,38-,42-,58?/m1/s1. The molecule has 2 N–H and O–H groups in total. The van der Waals surface area contributed by atoms with Gasteiger partial charge in [0.15, 0.2) is 12.4 Å². The highest BCUT2D eigenvalue weighted by Crippen LogP contribution is 2.54. The number of aromatic nitrogens is 2. The molecule has 2 heterocycles. The number of nitrogen functional groups attached to an aromatic ring is 1. The van der Waals surface area contributed by atoms with E-state index in [9.17, 15) is 15.1 Å². The van der Waals surface area contributed by atoms with Crippen molar-refractivity contribution in [3.05, 3.63) is 136 Å². The first-order valence-corrected chi connectivity index (χ1v) is 22.8. The first-order chi connectivity index (χ1) is 28.0. The van der Waals surface area contributed by atoms with E-state index in [1.54, 1.807) is 38.1 Å². The Kier molecular flexibility index (Phi) is 12.8. The lowest BCUT2D eigenvalue weighted by Crippen LogP contribution is -2.68. The summed E-state index contributed by atoms with van der Waals surface area (Å²) in [4.78, 5) is 33.4. The van der Waals surface area contributed by atoms with E-state index in [4.69, 9.17) is 28.7 Å². The maximum atomic E-state index is 18.0. The number of hydrogen-bond donors (Lipinski definition) is 1. The fraction of sp³-hybridized carbons (Fsp3) is 0.357. The molecule has 59 heavy (non-hydrogen) atoms. The molecular formula is C42H48FN6O8PSi. The van der Waals surface area contributed by atoms with E-state index < -0.39 is 81.6 Å². The number of alkyl halides is 1. The highest BCUT2D eigenvalue weighted by atomic mass is 31.2. The number of benzene rings is 4. The van der Waals surface area contributed by atoms with Crippen LogP contribution < -0.4 is 26.3 Å². The summed E-state index contributed by atoms with van der Waals surface area (Å²) in [6.45, 7) is 9.85. The molecule has 0 saturated carbocycles. The summed E-state index contributed by atoms with van der Waals surface area (Å²) in [5, 5.41) is 6.10. The maximum absolute atomic E-state index is 18.0. The molecule has 6 rings (SSSR count). The lowest BCUT2D eigenvalue weighted by atomic mass is 10.1. The summed E-state index contributed by atoms with van der Waals surface area (Å²) in [6.07, 6.45) is -5.31. The van der Waals surface area contributed by atoms with Crippen molar-refractivity contribution >= 4 is 48.8 Å². The topological polar surface area (TPSA) is 190 Å². The van der Waals surface area contributed by atoms with Crippen LogP contribution in [0, 0.1) is 5.92 Å². The number of esters is 1. The zero-order chi connectivity index (χ0) is 42.6. The number of nitrogens with zero attached hydrogens (tertiary/aromatic N) is 5. The van der Waals surface area contributed by atoms with Crippen LogP contribution in [0.4, 0.5) is 10.2 Å². The Bertz CT molecular complexity index is 2390. The number of carbonyl (C=O) groups is 1. The van der Waals surface area contributed by atoms with Gasteiger partial charge in [-0.05, 0) is 52.3 Å². The Hall–Kier alpha value is -5.34. The number of halogens is 1. The van der Waals surface area contributed by atoms with Crippen molar-refractivity contribution in [3.8, 4) is 5.75 Å². The van der Waals surface area contributed by atoms with Crippen molar-refractivity contribution in [1.82, 2.24) is 9.55 Å². The lowest BCUT2D eigenvalue weighted by molar-refractivity contribution is -0.151. The van der Waals surface area contributed by atoms with Crippen LogP contribution in [0.25, 0.3) is 21.2 Å². The molecule has 1 aliphatic rings. The summed E-state index contributed by atoms with van der Waals surface area (Å²) >= 11 is 0. The van der Waals surface area contributed by atoms with Gasteiger partial charge in [-0.3, -0.25) is 13.9 Å². The Labute approximate surface area is 342 Å². The van der Waals surface area contributed by atoms with Gasteiger partial charge in [-0.1, -0.05) is 130 Å². The largest absolute Gasteiger partial charge is 0.463 e. The molecule has 1 unspecified atom stereocenters. The smallest absolute Gasteiger partial charge is 0.380 e. The molecule has 0 radical (unpaired) electrons. The predicted octanol–water partition coefficient (Wildman–Crippen LogP) is 7.67. The fourth-order valence-corrected chi connectivity index (χ4v) is 13.9. The second-order valence-corrected chi connectivity index (χ2v) is 22.0. The lowest BCUT2D eigenvalue weighted by Gasteiger charge is -2.45. The van der Waals surface area contributed by atoms with Gasteiger partial charge in [0.2, 0.25) is 5.72 Å². The van der Waals surface area contributed by atoms with Crippen molar-refractivity contribution in [1.29, 1.82) is 0 Å². The summed E-state index contributed by atoms with van der Waals surface area (Å²) in [6, 6.07) is 32.5. The highest BCUT2D eigenvalue weighted by Gasteiger charge is 2.63. The molecular weight excluding hydrogens is 795 g/mol. The van der Waals surface area contributed by atoms with E-state index >= 15 is 8.96 Å². The minimum absolute atomic E-state index is 0.0909.